The second kappa shape index (κ2) is 9.12. The van der Waals surface area contributed by atoms with E-state index >= 15 is 0 Å². The van der Waals surface area contributed by atoms with Crippen LogP contribution in [0.25, 0.3) is 0 Å². The summed E-state index contributed by atoms with van der Waals surface area (Å²) in [5.41, 5.74) is 2.16. The number of aliphatic carboxylic acids is 1. The van der Waals surface area contributed by atoms with Gasteiger partial charge in [0.05, 0.1) is 6.61 Å². The molecule has 9 heteroatoms. The Bertz CT molecular complexity index is 826. The zero-order valence-corrected chi connectivity index (χ0v) is 18.7. The number of hydrogen-bond acceptors (Lipinski definition) is 7. The Hall–Kier alpha value is -2.20. The van der Waals surface area contributed by atoms with Crippen molar-refractivity contribution in [2.24, 2.45) is 0 Å². The Morgan fingerprint density at radius 1 is 1.26 bits per heavy atom. The summed E-state index contributed by atoms with van der Waals surface area (Å²) in [4.78, 5) is 23.5. The van der Waals surface area contributed by atoms with Crippen LogP contribution >= 0.6 is 0 Å². The van der Waals surface area contributed by atoms with E-state index in [1.54, 1.807) is 13.8 Å². The second-order valence-corrected chi connectivity index (χ2v) is 8.51. The molecule has 6 atom stereocenters. The molecule has 2 saturated heterocycles. The molecule has 2 fully saturated rings. The number of hydrogen-bond donors (Lipinski definition) is 2. The molecule has 0 radical (unpaired) electrons. The Labute approximate surface area is 181 Å². The van der Waals surface area contributed by atoms with E-state index in [-0.39, 0.29) is 12.5 Å². The van der Waals surface area contributed by atoms with Crippen LogP contribution in [0.1, 0.15) is 38.8 Å². The molecule has 9 nitrogen and oxygen atoms in total. The number of amides is 1. The number of carbonyl (C=O) groups excluding carboxylic acids is 1. The molecule has 1 aromatic carbocycles. The molecule has 2 N–H and O–H groups in total. The second-order valence-electron chi connectivity index (χ2n) is 8.51. The van der Waals surface area contributed by atoms with Gasteiger partial charge in [-0.05, 0) is 57.9 Å². The first-order valence-electron chi connectivity index (χ1n) is 10.3. The summed E-state index contributed by atoms with van der Waals surface area (Å²) < 4.78 is 29.9. The van der Waals surface area contributed by atoms with Crippen LogP contribution in [-0.4, -0.2) is 66.1 Å². The highest BCUT2D eigenvalue weighted by atomic mass is 16.8. The van der Waals surface area contributed by atoms with Gasteiger partial charge < -0.3 is 34.1 Å². The summed E-state index contributed by atoms with van der Waals surface area (Å²) in [6.07, 6.45) is -4.14. The molecule has 2 aliphatic heterocycles. The fourth-order valence-corrected chi connectivity index (χ4v) is 3.69. The minimum atomic E-state index is -1.13. The molecule has 0 saturated carbocycles. The molecule has 31 heavy (non-hydrogen) atoms. The van der Waals surface area contributed by atoms with Gasteiger partial charge in [0, 0.05) is 6.92 Å². The smallest absolute Gasteiger partial charge is 0.332 e. The van der Waals surface area contributed by atoms with Gasteiger partial charge in [0.25, 0.3) is 0 Å². The van der Waals surface area contributed by atoms with Gasteiger partial charge in [0.1, 0.15) is 30.1 Å². The van der Waals surface area contributed by atoms with Crippen molar-refractivity contribution >= 4 is 11.9 Å². The minimum Gasteiger partial charge on any atom is -0.479 e. The number of aryl methyl sites for hydroxylation is 2. The molecule has 0 spiro atoms. The number of benzene rings is 1. The molecular formula is C22H31NO8. The summed E-state index contributed by atoms with van der Waals surface area (Å²) in [6.45, 7) is 10.5. The highest BCUT2D eigenvalue weighted by Gasteiger charge is 2.54. The van der Waals surface area contributed by atoms with Crippen molar-refractivity contribution < 1.29 is 38.4 Å². The number of fused-ring (bicyclic) bond motifs is 1. The first-order valence-corrected chi connectivity index (χ1v) is 10.3. The summed E-state index contributed by atoms with van der Waals surface area (Å²) in [5, 5.41) is 12.2. The molecule has 0 aliphatic carbocycles. The average molecular weight is 437 g/mol. The van der Waals surface area contributed by atoms with Crippen molar-refractivity contribution in [1.29, 1.82) is 0 Å². The van der Waals surface area contributed by atoms with Gasteiger partial charge in [0.15, 0.2) is 11.9 Å². The highest BCUT2D eigenvalue weighted by molar-refractivity contribution is 5.73. The fourth-order valence-electron chi connectivity index (χ4n) is 3.69. The zero-order chi connectivity index (χ0) is 22.9. The van der Waals surface area contributed by atoms with Crippen LogP contribution in [0.2, 0.25) is 0 Å². The molecule has 2 aliphatic rings. The lowest BCUT2D eigenvalue weighted by Crippen LogP contribution is -2.70. The van der Waals surface area contributed by atoms with Crippen molar-refractivity contribution in [2.75, 3.05) is 6.61 Å². The van der Waals surface area contributed by atoms with E-state index in [1.807, 2.05) is 32.0 Å². The SMILES string of the molecule is CC(=O)NC1C(Oc2ccc(C)c(C)c2)OC2COC(C)(C)OC2C1OC(C)C(=O)O. The van der Waals surface area contributed by atoms with Crippen molar-refractivity contribution in [1.82, 2.24) is 5.32 Å². The molecule has 172 valence electrons. The van der Waals surface area contributed by atoms with E-state index in [0.29, 0.717) is 5.75 Å². The number of carboxylic acid groups (broad SMARTS) is 1. The van der Waals surface area contributed by atoms with Gasteiger partial charge >= 0.3 is 5.97 Å². The van der Waals surface area contributed by atoms with E-state index < -0.39 is 48.5 Å². The van der Waals surface area contributed by atoms with Crippen LogP contribution in [0.5, 0.6) is 5.75 Å². The largest absolute Gasteiger partial charge is 0.479 e. The highest BCUT2D eigenvalue weighted by Crippen LogP contribution is 2.35. The van der Waals surface area contributed by atoms with Crippen molar-refractivity contribution in [3.05, 3.63) is 29.3 Å². The van der Waals surface area contributed by atoms with Gasteiger partial charge in [-0.25, -0.2) is 4.79 Å². The predicted octanol–water partition coefficient (Wildman–Crippen LogP) is 1.92. The van der Waals surface area contributed by atoms with Crippen LogP contribution in [0, 0.1) is 13.8 Å². The van der Waals surface area contributed by atoms with Gasteiger partial charge in [0.2, 0.25) is 12.2 Å². The van der Waals surface area contributed by atoms with E-state index in [0.717, 1.165) is 11.1 Å². The van der Waals surface area contributed by atoms with Gasteiger partial charge in [-0.1, -0.05) is 6.07 Å². The average Bonchev–Trinajstić information content (AvgIpc) is 2.66. The van der Waals surface area contributed by atoms with E-state index in [9.17, 15) is 14.7 Å². The standard InChI is InChI=1S/C22H31NO8/c1-11-7-8-15(9-12(11)2)29-21-17(23-14(4)24)19(28-13(3)20(25)26)18-16(30-21)10-27-22(5,6)31-18/h7-9,13,16-19,21H,10H2,1-6H3,(H,23,24)(H,25,26). The maximum absolute atomic E-state index is 12.0. The van der Waals surface area contributed by atoms with E-state index in [4.69, 9.17) is 23.7 Å². The molecular weight excluding hydrogens is 406 g/mol. The van der Waals surface area contributed by atoms with Crippen molar-refractivity contribution in [2.45, 2.75) is 84.1 Å². The number of rotatable bonds is 6. The lowest BCUT2D eigenvalue weighted by molar-refractivity contribution is -0.366. The van der Waals surface area contributed by atoms with Crippen LogP contribution in [0.3, 0.4) is 0 Å². The summed E-state index contributed by atoms with van der Waals surface area (Å²) in [7, 11) is 0. The summed E-state index contributed by atoms with van der Waals surface area (Å²) >= 11 is 0. The normalized spacial score (nSPS) is 30.7. The van der Waals surface area contributed by atoms with Crippen LogP contribution in [0.15, 0.2) is 18.2 Å². The summed E-state index contributed by atoms with van der Waals surface area (Å²) in [5.74, 6) is -1.81. The Balaban J connectivity index is 1.94. The molecule has 3 rings (SSSR count). The molecule has 1 aromatic rings. The molecule has 1 amide bonds. The zero-order valence-electron chi connectivity index (χ0n) is 18.7. The Morgan fingerprint density at radius 2 is 1.97 bits per heavy atom. The number of nitrogens with one attached hydrogen (secondary N) is 1. The predicted molar refractivity (Wildman–Crippen MR) is 110 cm³/mol. The molecule has 2 heterocycles. The first kappa shape index (κ1) is 23.5. The van der Waals surface area contributed by atoms with Gasteiger partial charge in [-0.3, -0.25) is 4.79 Å². The fraction of sp³-hybridized carbons (Fsp3) is 0.636. The van der Waals surface area contributed by atoms with E-state index in [2.05, 4.69) is 5.32 Å². The van der Waals surface area contributed by atoms with Gasteiger partial charge in [-0.15, -0.1) is 0 Å². The third kappa shape index (κ3) is 5.54. The molecule has 0 aromatic heterocycles. The van der Waals surface area contributed by atoms with Crippen LogP contribution in [-0.2, 0) is 28.5 Å². The third-order valence-electron chi connectivity index (χ3n) is 5.47. The first-order chi connectivity index (χ1) is 14.5. The van der Waals surface area contributed by atoms with E-state index in [1.165, 1.54) is 13.8 Å². The van der Waals surface area contributed by atoms with Crippen molar-refractivity contribution in [3.63, 3.8) is 0 Å². The monoisotopic (exact) mass is 437 g/mol. The quantitative estimate of drug-likeness (QED) is 0.694. The Morgan fingerprint density at radius 3 is 2.58 bits per heavy atom. The Kier molecular flexibility index (Phi) is 6.90. The third-order valence-corrected chi connectivity index (χ3v) is 5.47. The molecule has 0 bridgehead atoms. The maximum Gasteiger partial charge on any atom is 0.332 e. The number of ether oxygens (including phenoxy) is 5. The topological polar surface area (TPSA) is 113 Å². The van der Waals surface area contributed by atoms with Crippen LogP contribution < -0.4 is 10.1 Å². The minimum absolute atomic E-state index is 0.207. The summed E-state index contributed by atoms with van der Waals surface area (Å²) in [6, 6.07) is 4.81. The van der Waals surface area contributed by atoms with Crippen LogP contribution in [0.4, 0.5) is 0 Å². The number of carbonyl (C=O) groups is 2. The van der Waals surface area contributed by atoms with Crippen molar-refractivity contribution in [3.8, 4) is 5.75 Å². The maximum atomic E-state index is 12.0. The number of carboxylic acids is 1. The van der Waals surface area contributed by atoms with Gasteiger partial charge in [-0.2, -0.15) is 0 Å². The molecule has 6 unspecified atom stereocenters. The lowest BCUT2D eigenvalue weighted by Gasteiger charge is -2.51. The lowest BCUT2D eigenvalue weighted by atomic mass is 9.94.